The minimum absolute atomic E-state index is 0.0421. The summed E-state index contributed by atoms with van der Waals surface area (Å²) in [6.07, 6.45) is 1.59. The minimum Gasteiger partial charge on any atom is -0.618 e. The second kappa shape index (κ2) is 14.6. The number of pyridine rings is 1. The molecule has 4 nitrogen and oxygen atoms in total. The lowest BCUT2D eigenvalue weighted by Crippen LogP contribution is -2.35. The number of hydrogen-bond donors (Lipinski definition) is 0. The molecule has 0 aliphatic rings. The summed E-state index contributed by atoms with van der Waals surface area (Å²) < 4.78 is 7.25. The van der Waals surface area contributed by atoms with E-state index in [4.69, 9.17) is 4.74 Å². The fourth-order valence-electron chi connectivity index (χ4n) is 5.82. The molecule has 0 fully saturated rings. The molecule has 0 amide bonds. The number of hydrogen-bond acceptors (Lipinski definition) is 3. The zero-order valence-corrected chi connectivity index (χ0v) is 31.8. The molecule has 4 rings (SSSR count). The van der Waals surface area contributed by atoms with Gasteiger partial charge in [-0.15, -0.1) is 0 Å². The largest absolute Gasteiger partial charge is 0.618 e. The number of nitrogens with zero attached hydrogens (tertiary/aromatic N) is 2. The fraction of sp³-hybridized carbons (Fsp3) is 0.477. The lowest BCUT2D eigenvalue weighted by atomic mass is 9.79. The Morgan fingerprint density at radius 1 is 0.500 bits per heavy atom. The van der Waals surface area contributed by atoms with Crippen LogP contribution in [0.25, 0.3) is 0 Å². The lowest BCUT2D eigenvalue weighted by molar-refractivity contribution is -0.615. The van der Waals surface area contributed by atoms with Crippen molar-refractivity contribution in [3.63, 3.8) is 0 Å². The molecule has 1 aromatic heterocycles. The summed E-state index contributed by atoms with van der Waals surface area (Å²) in [4.78, 5) is 2.37. The van der Waals surface area contributed by atoms with Crippen LogP contribution in [0.1, 0.15) is 133 Å². The smallest absolute Gasteiger partial charge is 0.206 e. The summed E-state index contributed by atoms with van der Waals surface area (Å²) in [5.74, 6) is 0. The molecule has 0 bridgehead atoms. The monoisotopic (exact) mass is 648 g/mol. The zero-order valence-electron chi connectivity index (χ0n) is 31.8. The molecular formula is C44H60N2O2. The van der Waals surface area contributed by atoms with Crippen molar-refractivity contribution in [1.29, 1.82) is 0 Å². The van der Waals surface area contributed by atoms with E-state index in [9.17, 15) is 5.21 Å². The Balaban J connectivity index is 1.51. The van der Waals surface area contributed by atoms with E-state index in [-0.39, 0.29) is 21.7 Å². The predicted octanol–water partition coefficient (Wildman–Crippen LogP) is 10.4. The topological polar surface area (TPSA) is 39.4 Å². The minimum atomic E-state index is 0.0421. The zero-order chi connectivity index (χ0) is 35.5. The Morgan fingerprint density at radius 3 is 1.38 bits per heavy atom. The molecule has 0 unspecified atom stereocenters. The van der Waals surface area contributed by atoms with Crippen LogP contribution in [0, 0.1) is 5.21 Å². The van der Waals surface area contributed by atoms with Gasteiger partial charge in [-0.1, -0.05) is 144 Å². The van der Waals surface area contributed by atoms with Gasteiger partial charge in [0.05, 0.1) is 19.8 Å². The first-order chi connectivity index (χ1) is 22.2. The Labute approximate surface area is 291 Å². The quantitative estimate of drug-likeness (QED) is 0.127. The van der Waals surface area contributed by atoms with Crippen molar-refractivity contribution in [3.05, 3.63) is 140 Å². The SMILES string of the molecule is CC(C)(C)c1cc(COCc2ccc(CN(Cc3cc(C(C)(C)C)cc(C(C)(C)C)c3)Cc3cccc[n+]3[O-])cc2)cc(C(C)(C)C)c1. The predicted molar refractivity (Wildman–Crippen MR) is 201 cm³/mol. The third-order valence-corrected chi connectivity index (χ3v) is 9.11. The van der Waals surface area contributed by atoms with E-state index < -0.39 is 0 Å². The molecule has 4 heteroatoms. The molecule has 258 valence electrons. The van der Waals surface area contributed by atoms with Gasteiger partial charge in [-0.25, -0.2) is 0 Å². The first-order valence-electron chi connectivity index (χ1n) is 17.5. The van der Waals surface area contributed by atoms with Crippen LogP contribution < -0.4 is 4.73 Å². The molecule has 48 heavy (non-hydrogen) atoms. The maximum Gasteiger partial charge on any atom is 0.206 e. The lowest BCUT2D eigenvalue weighted by Gasteiger charge is -2.28. The van der Waals surface area contributed by atoms with Gasteiger partial charge in [0, 0.05) is 25.2 Å². The highest BCUT2D eigenvalue weighted by molar-refractivity contribution is 5.38. The first-order valence-corrected chi connectivity index (χ1v) is 17.5. The normalized spacial score (nSPS) is 12.9. The molecule has 0 aliphatic heterocycles. The van der Waals surface area contributed by atoms with Crippen LogP contribution in [0.3, 0.4) is 0 Å². The van der Waals surface area contributed by atoms with Gasteiger partial charge < -0.3 is 9.94 Å². The summed E-state index contributed by atoms with van der Waals surface area (Å²) in [5, 5.41) is 12.7. The van der Waals surface area contributed by atoms with Gasteiger partial charge in [-0.05, 0) is 72.2 Å². The maximum atomic E-state index is 12.7. The van der Waals surface area contributed by atoms with Crippen LogP contribution in [0.5, 0.6) is 0 Å². The number of benzene rings is 3. The standard InChI is InChI=1S/C44H60N2O2/c1-41(2,3)36-21-34(22-37(25-36)42(4,5)6)28-45(29-40-15-13-14-20-46(40)47)27-32-16-18-33(19-17-32)30-48-31-35-23-38(43(7,8)9)26-39(24-35)44(10,11)12/h13-26H,27-31H2,1-12H3. The molecule has 0 saturated heterocycles. The number of rotatable bonds is 10. The molecule has 0 atom stereocenters. The van der Waals surface area contributed by atoms with Crippen LogP contribution in [-0.2, 0) is 59.2 Å². The molecule has 0 N–H and O–H groups in total. The summed E-state index contributed by atoms with van der Waals surface area (Å²) in [6.45, 7) is 30.5. The molecule has 3 aromatic carbocycles. The average Bonchev–Trinajstić information content (AvgIpc) is 2.97. The van der Waals surface area contributed by atoms with E-state index in [2.05, 4.69) is 149 Å². The molecule has 1 heterocycles. The van der Waals surface area contributed by atoms with Gasteiger partial charge >= 0.3 is 0 Å². The van der Waals surface area contributed by atoms with Crippen molar-refractivity contribution in [1.82, 2.24) is 4.90 Å². The van der Waals surface area contributed by atoms with Gasteiger partial charge in [0.1, 0.15) is 0 Å². The molecular weight excluding hydrogens is 588 g/mol. The summed E-state index contributed by atoms with van der Waals surface area (Å²) in [5.41, 5.74) is 11.2. The molecule has 0 aliphatic carbocycles. The Bertz CT molecular complexity index is 1590. The van der Waals surface area contributed by atoms with Crippen LogP contribution in [0.15, 0.2) is 85.1 Å². The van der Waals surface area contributed by atoms with Gasteiger partial charge in [-0.2, -0.15) is 4.73 Å². The molecule has 0 spiro atoms. The highest BCUT2D eigenvalue weighted by Gasteiger charge is 2.23. The van der Waals surface area contributed by atoms with E-state index >= 15 is 0 Å². The van der Waals surface area contributed by atoms with Gasteiger partial charge in [0.2, 0.25) is 5.69 Å². The Hall–Kier alpha value is -3.47. The first kappa shape index (κ1) is 37.4. The number of aromatic nitrogens is 1. The second-order valence-electron chi connectivity index (χ2n) is 17.8. The van der Waals surface area contributed by atoms with Crippen LogP contribution >= 0.6 is 0 Å². The van der Waals surface area contributed by atoms with Crippen molar-refractivity contribution < 1.29 is 9.47 Å². The highest BCUT2D eigenvalue weighted by atomic mass is 16.5. The van der Waals surface area contributed by atoms with Crippen LogP contribution in [0.4, 0.5) is 0 Å². The summed E-state index contributed by atoms with van der Waals surface area (Å²) in [7, 11) is 0. The Morgan fingerprint density at radius 2 is 0.917 bits per heavy atom. The maximum absolute atomic E-state index is 12.7. The van der Waals surface area contributed by atoms with Gasteiger partial charge in [-0.3, -0.25) is 4.90 Å². The van der Waals surface area contributed by atoms with Crippen molar-refractivity contribution in [2.45, 2.75) is 138 Å². The van der Waals surface area contributed by atoms with Crippen LogP contribution in [-0.4, -0.2) is 4.90 Å². The fourth-order valence-corrected chi connectivity index (χ4v) is 5.82. The van der Waals surface area contributed by atoms with Crippen molar-refractivity contribution in [2.24, 2.45) is 0 Å². The molecule has 4 aromatic rings. The van der Waals surface area contributed by atoms with Gasteiger partial charge in [0.15, 0.2) is 6.20 Å². The molecule has 0 saturated carbocycles. The number of ether oxygens (including phenoxy) is 1. The van der Waals surface area contributed by atoms with Crippen LogP contribution in [0.2, 0.25) is 0 Å². The van der Waals surface area contributed by atoms with E-state index in [1.807, 2.05) is 12.1 Å². The van der Waals surface area contributed by atoms with E-state index in [1.165, 1.54) is 38.9 Å². The highest BCUT2D eigenvalue weighted by Crippen LogP contribution is 2.32. The van der Waals surface area contributed by atoms with Crippen molar-refractivity contribution >= 4 is 0 Å². The van der Waals surface area contributed by atoms with E-state index in [0.717, 1.165) is 29.1 Å². The van der Waals surface area contributed by atoms with Crippen molar-refractivity contribution in [2.75, 3.05) is 0 Å². The third kappa shape index (κ3) is 10.5. The molecule has 0 radical (unpaired) electrons. The van der Waals surface area contributed by atoms with E-state index in [1.54, 1.807) is 12.3 Å². The summed E-state index contributed by atoms with van der Waals surface area (Å²) in [6, 6.07) is 28.4. The second-order valence-corrected chi connectivity index (χ2v) is 17.8. The average molecular weight is 649 g/mol. The van der Waals surface area contributed by atoms with Crippen molar-refractivity contribution in [3.8, 4) is 0 Å². The summed E-state index contributed by atoms with van der Waals surface area (Å²) >= 11 is 0. The van der Waals surface area contributed by atoms with Gasteiger partial charge in [0.25, 0.3) is 0 Å². The third-order valence-electron chi connectivity index (χ3n) is 9.11. The van der Waals surface area contributed by atoms with E-state index in [0.29, 0.717) is 19.8 Å². The Kier molecular flexibility index (Phi) is 11.3.